The summed E-state index contributed by atoms with van der Waals surface area (Å²) in [6, 6.07) is 9.54. The van der Waals surface area contributed by atoms with Crippen LogP contribution in [0.5, 0.6) is 0 Å². The maximum absolute atomic E-state index is 11.0. The summed E-state index contributed by atoms with van der Waals surface area (Å²) in [5, 5.41) is 8.64. The Bertz CT molecular complexity index is 495. The van der Waals surface area contributed by atoms with Gasteiger partial charge in [0.1, 0.15) is 0 Å². The lowest BCUT2D eigenvalue weighted by molar-refractivity contribution is 0.980. The smallest absolute Gasteiger partial charge is 0.264 e. The van der Waals surface area contributed by atoms with Crippen molar-refractivity contribution in [1.29, 1.82) is 0 Å². The molecule has 0 unspecified atom stereocenters. The molecule has 1 aromatic heterocycles. The molecular formula is C12H15N3O. The second-order valence-corrected chi connectivity index (χ2v) is 3.68. The van der Waals surface area contributed by atoms with Gasteiger partial charge < -0.3 is 5.32 Å². The van der Waals surface area contributed by atoms with Crippen LogP contribution in [0.25, 0.3) is 11.3 Å². The molecule has 0 spiro atoms. The van der Waals surface area contributed by atoms with Crippen LogP contribution >= 0.6 is 0 Å². The summed E-state index contributed by atoms with van der Waals surface area (Å²) in [5.41, 5.74) is 2.80. The number of anilines is 1. The van der Waals surface area contributed by atoms with Gasteiger partial charge in [-0.2, -0.15) is 0 Å². The molecule has 4 nitrogen and oxygen atoms in total. The van der Waals surface area contributed by atoms with E-state index in [4.69, 9.17) is 0 Å². The summed E-state index contributed by atoms with van der Waals surface area (Å²) in [6.07, 6.45) is 1.10. The molecule has 0 saturated heterocycles. The molecule has 1 heterocycles. The van der Waals surface area contributed by atoms with Gasteiger partial charge in [-0.3, -0.25) is 15.0 Å². The molecule has 0 aliphatic carbocycles. The number of aromatic nitrogens is 2. The quantitative estimate of drug-likeness (QED) is 0.735. The Morgan fingerprint density at radius 3 is 2.50 bits per heavy atom. The highest BCUT2D eigenvalue weighted by atomic mass is 16.1. The van der Waals surface area contributed by atoms with E-state index in [1.165, 1.54) is 0 Å². The molecular weight excluding hydrogens is 202 g/mol. The standard InChI is InChI=1S/C12H15N3O/c1-2-7-13-10-5-3-9(4-6-10)11-8-12(16)15-14-11/h3-6,8,13H,2,7H2,1H3,(H2,14,15,16). The molecule has 4 heteroatoms. The number of aromatic amines is 2. The number of hydrogen-bond donors (Lipinski definition) is 3. The molecule has 0 radical (unpaired) electrons. The van der Waals surface area contributed by atoms with Crippen molar-refractivity contribution < 1.29 is 0 Å². The van der Waals surface area contributed by atoms with Gasteiger partial charge in [0.15, 0.2) is 0 Å². The maximum Gasteiger partial charge on any atom is 0.264 e. The molecule has 0 amide bonds. The maximum atomic E-state index is 11.0. The van der Waals surface area contributed by atoms with E-state index in [0.29, 0.717) is 0 Å². The molecule has 16 heavy (non-hydrogen) atoms. The minimum absolute atomic E-state index is 0.108. The van der Waals surface area contributed by atoms with Crippen LogP contribution in [0, 0.1) is 0 Å². The van der Waals surface area contributed by atoms with Gasteiger partial charge in [-0.25, -0.2) is 0 Å². The summed E-state index contributed by atoms with van der Waals surface area (Å²) in [6.45, 7) is 3.10. The van der Waals surface area contributed by atoms with E-state index in [9.17, 15) is 4.79 Å². The molecule has 2 aromatic rings. The van der Waals surface area contributed by atoms with Gasteiger partial charge >= 0.3 is 0 Å². The lowest BCUT2D eigenvalue weighted by atomic mass is 10.1. The van der Waals surface area contributed by atoms with Crippen LogP contribution in [0.1, 0.15) is 13.3 Å². The molecule has 0 aliphatic heterocycles. The SMILES string of the molecule is CCCNc1ccc(-c2cc(=O)[nH][nH]2)cc1. The summed E-state index contributed by atoms with van der Waals surface area (Å²) < 4.78 is 0. The molecule has 0 bridgehead atoms. The lowest BCUT2D eigenvalue weighted by Crippen LogP contribution is -1.98. The predicted octanol–water partition coefficient (Wildman–Crippen LogP) is 2.19. The van der Waals surface area contributed by atoms with Gasteiger partial charge in [0, 0.05) is 18.3 Å². The second kappa shape index (κ2) is 4.70. The number of H-pyrrole nitrogens is 2. The Morgan fingerprint density at radius 1 is 1.19 bits per heavy atom. The number of benzene rings is 1. The molecule has 0 atom stereocenters. The van der Waals surface area contributed by atoms with Crippen molar-refractivity contribution in [2.75, 3.05) is 11.9 Å². The molecule has 3 N–H and O–H groups in total. The number of nitrogens with one attached hydrogen (secondary N) is 3. The third-order valence-corrected chi connectivity index (χ3v) is 2.37. The van der Waals surface area contributed by atoms with Gasteiger partial charge in [-0.15, -0.1) is 0 Å². The summed E-state index contributed by atoms with van der Waals surface area (Å²) >= 11 is 0. The first kappa shape index (κ1) is 10.5. The predicted molar refractivity (Wildman–Crippen MR) is 65.6 cm³/mol. The molecule has 1 aromatic carbocycles. The first-order valence-electron chi connectivity index (χ1n) is 5.41. The molecule has 84 valence electrons. The fourth-order valence-corrected chi connectivity index (χ4v) is 1.52. The third-order valence-electron chi connectivity index (χ3n) is 2.37. The van der Waals surface area contributed by atoms with Crippen molar-refractivity contribution in [3.63, 3.8) is 0 Å². The largest absolute Gasteiger partial charge is 0.385 e. The minimum Gasteiger partial charge on any atom is -0.385 e. The Kier molecular flexibility index (Phi) is 3.10. The fourth-order valence-electron chi connectivity index (χ4n) is 1.52. The van der Waals surface area contributed by atoms with Gasteiger partial charge in [0.25, 0.3) is 5.56 Å². The van der Waals surface area contributed by atoms with E-state index in [0.717, 1.165) is 29.9 Å². The Hall–Kier alpha value is -1.97. The topological polar surface area (TPSA) is 60.7 Å². The van der Waals surface area contributed by atoms with E-state index in [1.54, 1.807) is 6.07 Å². The van der Waals surface area contributed by atoms with Crippen molar-refractivity contribution >= 4 is 5.69 Å². The van der Waals surface area contributed by atoms with Crippen LogP contribution in [0.3, 0.4) is 0 Å². The molecule has 2 rings (SSSR count). The normalized spacial score (nSPS) is 10.3. The number of hydrogen-bond acceptors (Lipinski definition) is 2. The molecule has 0 aliphatic rings. The van der Waals surface area contributed by atoms with Gasteiger partial charge in [0.2, 0.25) is 0 Å². The van der Waals surface area contributed by atoms with Crippen molar-refractivity contribution in [1.82, 2.24) is 10.2 Å². The fraction of sp³-hybridized carbons (Fsp3) is 0.250. The van der Waals surface area contributed by atoms with Gasteiger partial charge in [-0.05, 0) is 24.1 Å². The van der Waals surface area contributed by atoms with Crippen LogP contribution in [0.15, 0.2) is 35.1 Å². The molecule has 0 saturated carbocycles. The monoisotopic (exact) mass is 217 g/mol. The highest BCUT2D eigenvalue weighted by Gasteiger charge is 1.99. The average molecular weight is 217 g/mol. The van der Waals surface area contributed by atoms with Crippen molar-refractivity contribution in [3.8, 4) is 11.3 Å². The first-order chi connectivity index (χ1) is 7.79. The highest BCUT2D eigenvalue weighted by Crippen LogP contribution is 2.17. The minimum atomic E-state index is -0.108. The van der Waals surface area contributed by atoms with E-state index in [2.05, 4.69) is 22.4 Å². The zero-order valence-corrected chi connectivity index (χ0v) is 9.21. The van der Waals surface area contributed by atoms with E-state index in [-0.39, 0.29) is 5.56 Å². The van der Waals surface area contributed by atoms with Crippen LogP contribution in [-0.2, 0) is 0 Å². The first-order valence-corrected chi connectivity index (χ1v) is 5.41. The van der Waals surface area contributed by atoms with Crippen molar-refractivity contribution in [3.05, 3.63) is 40.7 Å². The van der Waals surface area contributed by atoms with Gasteiger partial charge in [-0.1, -0.05) is 19.1 Å². The zero-order valence-electron chi connectivity index (χ0n) is 9.21. The average Bonchev–Trinajstić information content (AvgIpc) is 2.74. The highest BCUT2D eigenvalue weighted by molar-refractivity contribution is 5.62. The van der Waals surface area contributed by atoms with Crippen molar-refractivity contribution in [2.24, 2.45) is 0 Å². The van der Waals surface area contributed by atoms with Crippen LogP contribution in [-0.4, -0.2) is 16.7 Å². The van der Waals surface area contributed by atoms with Crippen molar-refractivity contribution in [2.45, 2.75) is 13.3 Å². The summed E-state index contributed by atoms with van der Waals surface area (Å²) in [4.78, 5) is 11.0. The third kappa shape index (κ3) is 2.34. The Labute approximate surface area is 93.7 Å². The summed E-state index contributed by atoms with van der Waals surface area (Å²) in [7, 11) is 0. The number of rotatable bonds is 4. The van der Waals surface area contributed by atoms with Gasteiger partial charge in [0.05, 0.1) is 5.69 Å². The van der Waals surface area contributed by atoms with E-state index in [1.807, 2.05) is 24.3 Å². The van der Waals surface area contributed by atoms with Crippen LogP contribution in [0.2, 0.25) is 0 Å². The van der Waals surface area contributed by atoms with E-state index >= 15 is 0 Å². The lowest BCUT2D eigenvalue weighted by Gasteiger charge is -2.04. The van der Waals surface area contributed by atoms with Crippen LogP contribution in [0.4, 0.5) is 5.69 Å². The zero-order chi connectivity index (χ0) is 11.4. The Balaban J connectivity index is 2.16. The summed E-state index contributed by atoms with van der Waals surface area (Å²) in [5.74, 6) is 0. The van der Waals surface area contributed by atoms with E-state index < -0.39 is 0 Å². The second-order valence-electron chi connectivity index (χ2n) is 3.68. The molecule has 0 fully saturated rings. The van der Waals surface area contributed by atoms with Crippen LogP contribution < -0.4 is 10.9 Å². The Morgan fingerprint density at radius 2 is 1.94 bits per heavy atom.